The van der Waals surface area contributed by atoms with Crippen LogP contribution in [0.4, 0.5) is 5.88 Å². The number of anilines is 1. The molecule has 0 saturated heterocycles. The topological polar surface area (TPSA) is 109 Å². The number of carbonyl (C=O) groups is 2. The highest BCUT2D eigenvalue weighted by atomic mass is 16.5. The van der Waals surface area contributed by atoms with E-state index >= 15 is 0 Å². The van der Waals surface area contributed by atoms with Gasteiger partial charge in [-0.3, -0.25) is 14.9 Å². The maximum Gasteiger partial charge on any atom is 0.267 e. The van der Waals surface area contributed by atoms with Crippen LogP contribution in [-0.4, -0.2) is 39.8 Å². The highest BCUT2D eigenvalue weighted by Crippen LogP contribution is 2.26. The lowest BCUT2D eigenvalue weighted by Crippen LogP contribution is -2.22. The molecular formula is C20H22N4O4. The number of aromatic nitrogens is 2. The van der Waals surface area contributed by atoms with E-state index in [1.54, 1.807) is 18.2 Å². The van der Waals surface area contributed by atoms with Crippen molar-refractivity contribution in [1.29, 1.82) is 0 Å². The van der Waals surface area contributed by atoms with Crippen molar-refractivity contribution in [2.75, 3.05) is 18.5 Å². The second-order valence-electron chi connectivity index (χ2n) is 7.64. The summed E-state index contributed by atoms with van der Waals surface area (Å²) in [5.41, 5.74) is 1.91. The van der Waals surface area contributed by atoms with Gasteiger partial charge < -0.3 is 19.5 Å². The van der Waals surface area contributed by atoms with Gasteiger partial charge in [0.15, 0.2) is 0 Å². The Hall–Kier alpha value is -3.13. The number of aliphatic hydroxyl groups is 1. The molecule has 0 saturated carbocycles. The highest BCUT2D eigenvalue weighted by Gasteiger charge is 2.25. The van der Waals surface area contributed by atoms with Crippen molar-refractivity contribution in [3.63, 3.8) is 0 Å². The zero-order chi connectivity index (χ0) is 19.9. The van der Waals surface area contributed by atoms with Gasteiger partial charge in [0.1, 0.15) is 5.69 Å². The van der Waals surface area contributed by atoms with Gasteiger partial charge in [-0.05, 0) is 24.6 Å². The minimum Gasteiger partial charge on any atom is -0.395 e. The number of benzene rings is 1. The summed E-state index contributed by atoms with van der Waals surface area (Å²) in [6.07, 6.45) is 0.834. The fraction of sp³-hybridized carbons (Fsp3) is 0.350. The minimum absolute atomic E-state index is 0.0868. The van der Waals surface area contributed by atoms with E-state index < -0.39 is 5.41 Å². The molecule has 0 unspecified atom stereocenters. The summed E-state index contributed by atoms with van der Waals surface area (Å²) in [5, 5.41) is 19.8. The predicted octanol–water partition coefficient (Wildman–Crippen LogP) is 2.28. The first-order valence-electron chi connectivity index (χ1n) is 9.20. The first kappa shape index (κ1) is 18.2. The molecule has 146 valence electrons. The highest BCUT2D eigenvalue weighted by molar-refractivity contribution is 6.06. The number of amides is 2. The van der Waals surface area contributed by atoms with Gasteiger partial charge in [0.25, 0.3) is 11.8 Å². The smallest absolute Gasteiger partial charge is 0.267 e. The number of carbonyl (C=O) groups excluding carboxylic acids is 2. The Balaban J connectivity index is 1.61. The Kier molecular flexibility index (Phi) is 4.43. The summed E-state index contributed by atoms with van der Waals surface area (Å²) >= 11 is 0. The van der Waals surface area contributed by atoms with Crippen LogP contribution in [0, 0.1) is 0 Å². The van der Waals surface area contributed by atoms with Gasteiger partial charge >= 0.3 is 0 Å². The van der Waals surface area contributed by atoms with Gasteiger partial charge in [0.05, 0.1) is 12.3 Å². The van der Waals surface area contributed by atoms with Crippen molar-refractivity contribution in [3.05, 3.63) is 47.3 Å². The largest absolute Gasteiger partial charge is 0.395 e. The van der Waals surface area contributed by atoms with Crippen molar-refractivity contribution in [2.24, 2.45) is 0 Å². The van der Waals surface area contributed by atoms with Gasteiger partial charge in [-0.25, -0.2) is 0 Å². The van der Waals surface area contributed by atoms with E-state index in [1.165, 1.54) is 0 Å². The molecule has 3 N–H and O–H groups in total. The number of fused-ring (bicyclic) bond motifs is 3. The van der Waals surface area contributed by atoms with Crippen molar-refractivity contribution in [2.45, 2.75) is 32.2 Å². The summed E-state index contributed by atoms with van der Waals surface area (Å²) in [4.78, 5) is 24.9. The molecule has 4 rings (SSSR count). The number of aryl methyl sites for hydroxylation is 1. The van der Waals surface area contributed by atoms with Crippen molar-refractivity contribution >= 4 is 28.6 Å². The number of aliphatic hydroxyl groups excluding tert-OH is 1. The maximum atomic E-state index is 12.7. The number of hydrogen-bond acceptors (Lipinski definition) is 5. The normalized spacial score (nSPS) is 14.5. The van der Waals surface area contributed by atoms with Gasteiger partial charge in [0.2, 0.25) is 5.88 Å². The monoisotopic (exact) mass is 382 g/mol. The van der Waals surface area contributed by atoms with E-state index in [0.717, 1.165) is 17.3 Å². The average molecular weight is 382 g/mol. The third-order valence-corrected chi connectivity index (χ3v) is 5.08. The number of nitrogens with one attached hydrogen (secondary N) is 2. The van der Waals surface area contributed by atoms with Crippen LogP contribution in [0.25, 0.3) is 10.9 Å². The Morgan fingerprint density at radius 1 is 1.36 bits per heavy atom. The van der Waals surface area contributed by atoms with Crippen LogP contribution >= 0.6 is 0 Å². The Morgan fingerprint density at radius 3 is 2.96 bits per heavy atom. The number of hydrogen-bond donors (Lipinski definition) is 3. The second kappa shape index (κ2) is 6.79. The minimum atomic E-state index is -0.560. The van der Waals surface area contributed by atoms with E-state index in [0.29, 0.717) is 30.0 Å². The van der Waals surface area contributed by atoms with E-state index in [2.05, 4.69) is 15.8 Å². The zero-order valence-corrected chi connectivity index (χ0v) is 15.8. The van der Waals surface area contributed by atoms with Gasteiger partial charge in [-0.1, -0.05) is 25.1 Å². The average Bonchev–Trinajstić information content (AvgIpc) is 3.25. The molecule has 2 aromatic heterocycles. The first-order valence-corrected chi connectivity index (χ1v) is 9.20. The standard InChI is InChI=1S/C20H22N4O4/c1-20(2,11-25)16-10-17(28-23-16)22-18(26)13-5-4-12-8-15-19(27)21-6-3-7-24(15)14(12)9-13/h4-5,8-10,25H,3,6-7,11H2,1-2H3,(H,21,27)(H,22,26). The molecule has 0 radical (unpaired) electrons. The zero-order valence-electron chi connectivity index (χ0n) is 15.8. The van der Waals surface area contributed by atoms with E-state index in [-0.39, 0.29) is 24.3 Å². The Morgan fingerprint density at radius 2 is 2.18 bits per heavy atom. The fourth-order valence-electron chi connectivity index (χ4n) is 3.27. The van der Waals surface area contributed by atoms with Crippen molar-refractivity contribution < 1.29 is 19.2 Å². The van der Waals surface area contributed by atoms with Crippen molar-refractivity contribution in [3.8, 4) is 0 Å². The molecule has 0 spiro atoms. The van der Waals surface area contributed by atoms with Crippen LogP contribution in [0.3, 0.4) is 0 Å². The quantitative estimate of drug-likeness (QED) is 0.641. The van der Waals surface area contributed by atoms with Crippen LogP contribution in [-0.2, 0) is 12.0 Å². The summed E-state index contributed by atoms with van der Waals surface area (Å²) in [6.45, 7) is 4.93. The molecule has 28 heavy (non-hydrogen) atoms. The fourth-order valence-corrected chi connectivity index (χ4v) is 3.27. The molecule has 3 aromatic rings. The molecule has 0 fully saturated rings. The lowest BCUT2D eigenvalue weighted by molar-refractivity contribution is 0.0950. The number of rotatable bonds is 4. The number of nitrogens with zero attached hydrogens (tertiary/aromatic N) is 2. The molecule has 1 aliphatic heterocycles. The summed E-state index contributed by atoms with van der Waals surface area (Å²) < 4.78 is 7.14. The Bertz CT molecular complexity index is 1060. The van der Waals surface area contributed by atoms with E-state index in [9.17, 15) is 14.7 Å². The molecule has 0 aliphatic carbocycles. The summed E-state index contributed by atoms with van der Waals surface area (Å²) in [6, 6.07) is 8.78. The molecule has 2 amide bonds. The Labute approximate surface area is 161 Å². The molecular weight excluding hydrogens is 360 g/mol. The third-order valence-electron chi connectivity index (χ3n) is 5.08. The van der Waals surface area contributed by atoms with Gasteiger partial charge in [0, 0.05) is 41.0 Å². The van der Waals surface area contributed by atoms with Crippen LogP contribution < -0.4 is 10.6 Å². The molecule has 0 bridgehead atoms. The van der Waals surface area contributed by atoms with Crippen LogP contribution in [0.15, 0.2) is 34.9 Å². The lowest BCUT2D eigenvalue weighted by atomic mass is 9.91. The SMILES string of the molecule is CC(C)(CO)c1cc(NC(=O)c2ccc3cc4n(c3c2)CCCNC4=O)on1. The predicted molar refractivity (Wildman–Crippen MR) is 103 cm³/mol. The van der Waals surface area contributed by atoms with Crippen LogP contribution in [0.5, 0.6) is 0 Å². The molecule has 0 atom stereocenters. The molecule has 3 heterocycles. The first-order chi connectivity index (χ1) is 13.4. The molecule has 1 aromatic carbocycles. The molecule has 1 aliphatic rings. The molecule has 8 heteroatoms. The van der Waals surface area contributed by atoms with Gasteiger partial charge in [-0.2, -0.15) is 0 Å². The van der Waals surface area contributed by atoms with Crippen LogP contribution in [0.2, 0.25) is 0 Å². The summed E-state index contributed by atoms with van der Waals surface area (Å²) in [7, 11) is 0. The van der Waals surface area contributed by atoms with Crippen molar-refractivity contribution in [1.82, 2.24) is 15.0 Å². The summed E-state index contributed by atoms with van der Waals surface area (Å²) in [5.74, 6) is -0.213. The van der Waals surface area contributed by atoms with Gasteiger partial charge in [-0.15, -0.1) is 0 Å². The lowest BCUT2D eigenvalue weighted by Gasteiger charge is -2.16. The second-order valence-corrected chi connectivity index (χ2v) is 7.64. The van der Waals surface area contributed by atoms with Crippen LogP contribution in [0.1, 0.15) is 46.8 Å². The third kappa shape index (κ3) is 3.16. The maximum absolute atomic E-state index is 12.7. The molecule has 8 nitrogen and oxygen atoms in total. The van der Waals surface area contributed by atoms with E-state index in [1.807, 2.05) is 30.5 Å². The van der Waals surface area contributed by atoms with E-state index in [4.69, 9.17) is 4.52 Å².